The molecule has 2 aliphatic rings. The van der Waals surface area contributed by atoms with E-state index >= 15 is 0 Å². The van der Waals surface area contributed by atoms with Crippen molar-refractivity contribution in [1.82, 2.24) is 9.62 Å². The van der Waals surface area contributed by atoms with Crippen LogP contribution in [0.1, 0.15) is 15.9 Å². The summed E-state index contributed by atoms with van der Waals surface area (Å²) in [5, 5.41) is 6.08. The minimum absolute atomic E-state index is 0.0405. The minimum atomic E-state index is -3.09. The maximum absolute atomic E-state index is 11.8. The van der Waals surface area contributed by atoms with Gasteiger partial charge in [-0.1, -0.05) is 6.07 Å². The van der Waals surface area contributed by atoms with Crippen LogP contribution in [0, 0.1) is 0 Å². The molecule has 1 amide bonds. The van der Waals surface area contributed by atoms with Gasteiger partial charge in [-0.2, -0.15) is 4.31 Å². The maximum atomic E-state index is 11.8. The zero-order valence-corrected chi connectivity index (χ0v) is 12.0. The zero-order valence-electron chi connectivity index (χ0n) is 11.2. The third kappa shape index (κ3) is 2.51. The smallest absolute Gasteiger partial charge is 0.251 e. The van der Waals surface area contributed by atoms with E-state index in [-0.39, 0.29) is 11.9 Å². The minimum Gasteiger partial charge on any atom is -0.380 e. The number of carbonyl (C=O) groups is 1. The summed E-state index contributed by atoms with van der Waals surface area (Å²) in [6.07, 6.45) is 2.07. The number of amides is 1. The van der Waals surface area contributed by atoms with E-state index in [0.29, 0.717) is 25.2 Å². The highest BCUT2D eigenvalue weighted by molar-refractivity contribution is 7.88. The molecule has 0 aliphatic carbocycles. The Morgan fingerprint density at radius 2 is 2.10 bits per heavy atom. The number of carbonyl (C=O) groups excluding carboxylic acids is 1. The van der Waals surface area contributed by atoms with Gasteiger partial charge in [0.25, 0.3) is 5.91 Å². The van der Waals surface area contributed by atoms with E-state index in [1.807, 2.05) is 18.2 Å². The van der Waals surface area contributed by atoms with E-state index < -0.39 is 10.0 Å². The van der Waals surface area contributed by atoms with Crippen LogP contribution in [0.15, 0.2) is 18.2 Å². The van der Waals surface area contributed by atoms with Crippen molar-refractivity contribution in [2.75, 3.05) is 31.2 Å². The van der Waals surface area contributed by atoms with Gasteiger partial charge >= 0.3 is 0 Å². The standard InChI is InChI=1S/C13H17N3O3S/c1-20(18,19)16-7-11(8-16)15-10-3-2-9-4-5-14-13(17)12(9)6-10/h2-3,6,11,15H,4-5,7-8H2,1H3,(H,14,17). The van der Waals surface area contributed by atoms with Gasteiger partial charge in [0.2, 0.25) is 10.0 Å². The van der Waals surface area contributed by atoms with Crippen LogP contribution in [0.4, 0.5) is 5.69 Å². The third-order valence-electron chi connectivity index (χ3n) is 3.72. The van der Waals surface area contributed by atoms with Crippen LogP contribution >= 0.6 is 0 Å². The molecule has 1 fully saturated rings. The Morgan fingerprint density at radius 3 is 2.80 bits per heavy atom. The first-order chi connectivity index (χ1) is 9.43. The molecule has 2 heterocycles. The number of rotatable bonds is 3. The molecular weight excluding hydrogens is 278 g/mol. The molecule has 2 N–H and O–H groups in total. The zero-order chi connectivity index (χ0) is 14.3. The van der Waals surface area contributed by atoms with Gasteiger partial charge in [-0.3, -0.25) is 4.79 Å². The van der Waals surface area contributed by atoms with Gasteiger partial charge in [0.05, 0.1) is 12.3 Å². The second-order valence-corrected chi connectivity index (χ2v) is 7.28. The molecule has 0 bridgehead atoms. The second-order valence-electron chi connectivity index (χ2n) is 5.30. The molecule has 7 heteroatoms. The first-order valence-electron chi connectivity index (χ1n) is 6.56. The third-order valence-corrected chi connectivity index (χ3v) is 4.96. The van der Waals surface area contributed by atoms with Crippen molar-refractivity contribution in [3.63, 3.8) is 0 Å². The second kappa shape index (κ2) is 4.75. The summed E-state index contributed by atoms with van der Waals surface area (Å²) < 4.78 is 24.0. The van der Waals surface area contributed by atoms with Gasteiger partial charge in [-0.05, 0) is 24.1 Å². The molecule has 1 saturated heterocycles. The van der Waals surface area contributed by atoms with Crippen molar-refractivity contribution in [3.05, 3.63) is 29.3 Å². The Kier molecular flexibility index (Phi) is 3.18. The van der Waals surface area contributed by atoms with Crippen molar-refractivity contribution in [2.24, 2.45) is 0 Å². The molecule has 108 valence electrons. The van der Waals surface area contributed by atoms with E-state index in [1.54, 1.807) is 0 Å². The van der Waals surface area contributed by atoms with Crippen molar-refractivity contribution < 1.29 is 13.2 Å². The molecule has 1 aromatic rings. The largest absolute Gasteiger partial charge is 0.380 e. The quantitative estimate of drug-likeness (QED) is 0.824. The molecular formula is C13H17N3O3S. The lowest BCUT2D eigenvalue weighted by Gasteiger charge is -2.38. The van der Waals surface area contributed by atoms with Crippen molar-refractivity contribution in [2.45, 2.75) is 12.5 Å². The van der Waals surface area contributed by atoms with Crippen molar-refractivity contribution in [1.29, 1.82) is 0 Å². The number of benzene rings is 1. The first kappa shape index (κ1) is 13.4. The molecule has 6 nitrogen and oxygen atoms in total. The summed E-state index contributed by atoms with van der Waals surface area (Å²) in [4.78, 5) is 11.8. The Bertz CT molecular complexity index is 651. The number of hydrogen-bond acceptors (Lipinski definition) is 4. The number of fused-ring (bicyclic) bond motifs is 1. The van der Waals surface area contributed by atoms with E-state index in [4.69, 9.17) is 0 Å². The van der Waals surface area contributed by atoms with Crippen LogP contribution in [0.25, 0.3) is 0 Å². The molecule has 3 rings (SSSR count). The fourth-order valence-corrected chi connectivity index (χ4v) is 3.44. The van der Waals surface area contributed by atoms with Gasteiger partial charge in [0.15, 0.2) is 0 Å². The van der Waals surface area contributed by atoms with Crippen molar-refractivity contribution >= 4 is 21.6 Å². The van der Waals surface area contributed by atoms with Gasteiger partial charge in [-0.15, -0.1) is 0 Å². The van der Waals surface area contributed by atoms with Crippen LogP contribution in [0.2, 0.25) is 0 Å². The van der Waals surface area contributed by atoms with E-state index in [9.17, 15) is 13.2 Å². The fraction of sp³-hybridized carbons (Fsp3) is 0.462. The number of nitrogens with zero attached hydrogens (tertiary/aromatic N) is 1. The van der Waals surface area contributed by atoms with Gasteiger partial charge in [-0.25, -0.2) is 8.42 Å². The molecule has 0 unspecified atom stereocenters. The lowest BCUT2D eigenvalue weighted by Crippen LogP contribution is -2.56. The lowest BCUT2D eigenvalue weighted by molar-refractivity contribution is 0.0946. The number of nitrogens with one attached hydrogen (secondary N) is 2. The highest BCUT2D eigenvalue weighted by Gasteiger charge is 2.33. The van der Waals surface area contributed by atoms with E-state index in [1.165, 1.54) is 10.6 Å². The molecule has 0 atom stereocenters. The molecule has 0 radical (unpaired) electrons. The summed E-state index contributed by atoms with van der Waals surface area (Å²) in [5.74, 6) is -0.0405. The fourth-order valence-electron chi connectivity index (χ4n) is 2.54. The van der Waals surface area contributed by atoms with Gasteiger partial charge in [0, 0.05) is 30.9 Å². The normalized spacial score (nSPS) is 19.9. The van der Waals surface area contributed by atoms with Crippen LogP contribution < -0.4 is 10.6 Å². The Hall–Kier alpha value is -1.60. The summed E-state index contributed by atoms with van der Waals surface area (Å²) in [5.41, 5.74) is 2.63. The van der Waals surface area contributed by atoms with Crippen molar-refractivity contribution in [3.8, 4) is 0 Å². The molecule has 2 aliphatic heterocycles. The summed E-state index contributed by atoms with van der Waals surface area (Å²) in [7, 11) is -3.09. The highest BCUT2D eigenvalue weighted by atomic mass is 32.2. The average Bonchev–Trinajstić information content (AvgIpc) is 2.32. The lowest BCUT2D eigenvalue weighted by atomic mass is 9.99. The van der Waals surface area contributed by atoms with Crippen LogP contribution in [0.3, 0.4) is 0 Å². The first-order valence-corrected chi connectivity index (χ1v) is 8.41. The predicted octanol–water partition coefficient (Wildman–Crippen LogP) is 0.0282. The SMILES string of the molecule is CS(=O)(=O)N1CC(Nc2ccc3c(c2)C(=O)NCC3)C1. The van der Waals surface area contributed by atoms with E-state index in [2.05, 4.69) is 10.6 Å². The number of anilines is 1. The molecule has 0 spiro atoms. The maximum Gasteiger partial charge on any atom is 0.251 e. The van der Waals surface area contributed by atoms with Crippen LogP contribution in [-0.4, -0.2) is 50.6 Å². The average molecular weight is 295 g/mol. The van der Waals surface area contributed by atoms with Gasteiger partial charge < -0.3 is 10.6 Å². The Morgan fingerprint density at radius 1 is 1.35 bits per heavy atom. The molecule has 0 aromatic heterocycles. The topological polar surface area (TPSA) is 78.5 Å². The van der Waals surface area contributed by atoms with Crippen LogP contribution in [0.5, 0.6) is 0 Å². The summed E-state index contributed by atoms with van der Waals surface area (Å²) in [6.45, 7) is 1.63. The monoisotopic (exact) mass is 295 g/mol. The Labute approximate surface area is 118 Å². The molecule has 20 heavy (non-hydrogen) atoms. The number of hydrogen-bond donors (Lipinski definition) is 2. The summed E-state index contributed by atoms with van der Waals surface area (Å²) in [6, 6.07) is 5.85. The van der Waals surface area contributed by atoms with Crippen LogP contribution in [-0.2, 0) is 16.4 Å². The predicted molar refractivity (Wildman–Crippen MR) is 76.3 cm³/mol. The Balaban J connectivity index is 1.68. The molecule has 1 aromatic carbocycles. The number of sulfonamides is 1. The van der Waals surface area contributed by atoms with E-state index in [0.717, 1.165) is 17.7 Å². The highest BCUT2D eigenvalue weighted by Crippen LogP contribution is 2.22. The van der Waals surface area contributed by atoms with Gasteiger partial charge in [0.1, 0.15) is 0 Å². The summed E-state index contributed by atoms with van der Waals surface area (Å²) >= 11 is 0. The molecule has 0 saturated carbocycles.